The maximum absolute atomic E-state index is 12.7. The zero-order valence-corrected chi connectivity index (χ0v) is 18.6. The second-order valence-electron chi connectivity index (χ2n) is 6.69. The SMILES string of the molecule is CCN(CCNC(=O)C1(S(C)(=O)=O)CCNCC1)c1cccc(C)c1.Cl.Cl. The number of carbonyl (C=O) groups is 1. The molecule has 0 radical (unpaired) electrons. The summed E-state index contributed by atoms with van der Waals surface area (Å²) in [6, 6.07) is 8.21. The molecule has 0 aromatic heterocycles. The highest BCUT2D eigenvalue weighted by Crippen LogP contribution is 2.28. The van der Waals surface area contributed by atoms with Crippen LogP contribution in [-0.2, 0) is 14.6 Å². The van der Waals surface area contributed by atoms with Gasteiger partial charge in [-0.05, 0) is 57.5 Å². The summed E-state index contributed by atoms with van der Waals surface area (Å²) in [6.45, 7) is 7.09. The van der Waals surface area contributed by atoms with E-state index >= 15 is 0 Å². The van der Waals surface area contributed by atoms with Crippen LogP contribution in [-0.4, -0.2) is 58.1 Å². The number of rotatable bonds is 7. The quantitative estimate of drug-likeness (QED) is 0.678. The van der Waals surface area contributed by atoms with Crippen molar-refractivity contribution in [3.63, 3.8) is 0 Å². The van der Waals surface area contributed by atoms with Crippen LogP contribution in [0.15, 0.2) is 24.3 Å². The fourth-order valence-corrected chi connectivity index (χ4v) is 4.71. The number of anilines is 1. The van der Waals surface area contributed by atoms with Crippen molar-refractivity contribution in [3.8, 4) is 0 Å². The molecular formula is C18H31Cl2N3O3S. The molecule has 1 amide bonds. The van der Waals surface area contributed by atoms with Gasteiger partial charge in [0.1, 0.15) is 0 Å². The fraction of sp³-hybridized carbons (Fsp3) is 0.611. The van der Waals surface area contributed by atoms with Crippen LogP contribution < -0.4 is 15.5 Å². The molecule has 9 heteroatoms. The molecule has 0 saturated carbocycles. The Morgan fingerprint density at radius 2 is 1.89 bits per heavy atom. The van der Waals surface area contributed by atoms with E-state index in [1.54, 1.807) is 0 Å². The zero-order valence-electron chi connectivity index (χ0n) is 16.2. The molecule has 1 aliphatic heterocycles. The first kappa shape index (κ1) is 26.0. The monoisotopic (exact) mass is 439 g/mol. The summed E-state index contributed by atoms with van der Waals surface area (Å²) in [7, 11) is -3.47. The van der Waals surface area contributed by atoms with Crippen LogP contribution in [0, 0.1) is 6.92 Å². The molecule has 1 aromatic rings. The lowest BCUT2D eigenvalue weighted by Gasteiger charge is -2.34. The number of sulfone groups is 1. The second-order valence-corrected chi connectivity index (χ2v) is 9.02. The third kappa shape index (κ3) is 6.24. The summed E-state index contributed by atoms with van der Waals surface area (Å²) < 4.78 is 23.2. The maximum atomic E-state index is 12.7. The molecule has 2 rings (SSSR count). The van der Waals surface area contributed by atoms with Gasteiger partial charge in [-0.1, -0.05) is 12.1 Å². The average Bonchev–Trinajstić information content (AvgIpc) is 2.58. The molecule has 0 spiro atoms. The van der Waals surface area contributed by atoms with Crippen molar-refractivity contribution >= 4 is 46.2 Å². The Labute approximate surface area is 175 Å². The number of nitrogens with one attached hydrogen (secondary N) is 2. The molecule has 1 heterocycles. The molecule has 0 unspecified atom stereocenters. The van der Waals surface area contributed by atoms with Crippen molar-refractivity contribution in [1.29, 1.82) is 0 Å². The van der Waals surface area contributed by atoms with E-state index in [-0.39, 0.29) is 30.7 Å². The highest BCUT2D eigenvalue weighted by atomic mass is 35.5. The number of amides is 1. The molecule has 0 atom stereocenters. The Morgan fingerprint density at radius 3 is 2.41 bits per heavy atom. The highest BCUT2D eigenvalue weighted by molar-refractivity contribution is 7.92. The van der Waals surface area contributed by atoms with E-state index in [1.165, 1.54) is 11.8 Å². The van der Waals surface area contributed by atoms with Gasteiger partial charge in [0.05, 0.1) is 0 Å². The van der Waals surface area contributed by atoms with Gasteiger partial charge in [0.15, 0.2) is 14.6 Å². The second kappa shape index (κ2) is 11.1. The number of halogens is 2. The average molecular weight is 440 g/mol. The number of aryl methyl sites for hydroxylation is 1. The van der Waals surface area contributed by atoms with E-state index in [0.717, 1.165) is 12.2 Å². The van der Waals surface area contributed by atoms with Crippen molar-refractivity contribution < 1.29 is 13.2 Å². The number of hydrogen-bond donors (Lipinski definition) is 2. The Hall–Kier alpha value is -1.02. The van der Waals surface area contributed by atoms with Crippen LogP contribution in [0.2, 0.25) is 0 Å². The first-order valence-corrected chi connectivity index (χ1v) is 10.7. The lowest BCUT2D eigenvalue weighted by Crippen LogP contribution is -2.57. The topological polar surface area (TPSA) is 78.5 Å². The first-order valence-electron chi connectivity index (χ1n) is 8.80. The standard InChI is InChI=1S/C18H29N3O3S.2ClH/c1-4-21(16-7-5-6-15(2)14-16)13-12-20-17(22)18(25(3,23)24)8-10-19-11-9-18;;/h5-7,14,19H,4,8-13H2,1-3H3,(H,20,22);2*1H. The minimum atomic E-state index is -3.47. The van der Waals surface area contributed by atoms with Crippen molar-refractivity contribution in [1.82, 2.24) is 10.6 Å². The van der Waals surface area contributed by atoms with E-state index in [9.17, 15) is 13.2 Å². The Kier molecular flexibility index (Phi) is 10.7. The largest absolute Gasteiger partial charge is 0.370 e. The molecule has 27 heavy (non-hydrogen) atoms. The molecule has 1 saturated heterocycles. The molecule has 1 fully saturated rings. The fourth-order valence-electron chi connectivity index (χ4n) is 3.36. The molecule has 6 nitrogen and oxygen atoms in total. The smallest absolute Gasteiger partial charge is 0.241 e. The molecule has 0 aliphatic carbocycles. The Morgan fingerprint density at radius 1 is 1.26 bits per heavy atom. The third-order valence-electron chi connectivity index (χ3n) is 4.95. The lowest BCUT2D eigenvalue weighted by atomic mass is 9.96. The summed E-state index contributed by atoms with van der Waals surface area (Å²) >= 11 is 0. The molecule has 1 aliphatic rings. The minimum absolute atomic E-state index is 0. The lowest BCUT2D eigenvalue weighted by molar-refractivity contribution is -0.124. The number of hydrogen-bond acceptors (Lipinski definition) is 5. The van der Waals surface area contributed by atoms with Crippen LogP contribution in [0.1, 0.15) is 25.3 Å². The summed E-state index contributed by atoms with van der Waals surface area (Å²) in [5.74, 6) is -0.364. The van der Waals surface area contributed by atoms with Crippen LogP contribution in [0.25, 0.3) is 0 Å². The Bertz CT molecular complexity index is 708. The third-order valence-corrected chi connectivity index (χ3v) is 6.96. The van der Waals surface area contributed by atoms with Gasteiger partial charge in [-0.15, -0.1) is 24.8 Å². The Balaban J connectivity index is 0.00000338. The summed E-state index contributed by atoms with van der Waals surface area (Å²) in [5, 5.41) is 5.99. The van der Waals surface area contributed by atoms with Crippen LogP contribution >= 0.6 is 24.8 Å². The molecular weight excluding hydrogens is 409 g/mol. The van der Waals surface area contributed by atoms with Crippen LogP contribution in [0.3, 0.4) is 0 Å². The maximum Gasteiger partial charge on any atom is 0.241 e. The first-order chi connectivity index (χ1) is 11.8. The van der Waals surface area contributed by atoms with Crippen molar-refractivity contribution in [2.24, 2.45) is 0 Å². The van der Waals surface area contributed by atoms with Crippen molar-refractivity contribution in [3.05, 3.63) is 29.8 Å². The molecule has 156 valence electrons. The van der Waals surface area contributed by atoms with E-state index in [0.29, 0.717) is 39.0 Å². The predicted molar refractivity (Wildman–Crippen MR) is 116 cm³/mol. The van der Waals surface area contributed by atoms with E-state index in [2.05, 4.69) is 28.5 Å². The minimum Gasteiger partial charge on any atom is -0.370 e. The van der Waals surface area contributed by atoms with Gasteiger partial charge in [0.25, 0.3) is 0 Å². The van der Waals surface area contributed by atoms with Gasteiger partial charge in [0.2, 0.25) is 5.91 Å². The molecule has 2 N–H and O–H groups in total. The molecule has 1 aromatic carbocycles. The predicted octanol–water partition coefficient (Wildman–Crippen LogP) is 1.95. The zero-order chi connectivity index (χ0) is 18.5. The van der Waals surface area contributed by atoms with E-state index < -0.39 is 14.6 Å². The molecule has 0 bridgehead atoms. The van der Waals surface area contributed by atoms with Gasteiger partial charge in [-0.2, -0.15) is 0 Å². The normalized spacial score (nSPS) is 15.8. The van der Waals surface area contributed by atoms with Gasteiger partial charge in [-0.3, -0.25) is 4.79 Å². The van der Waals surface area contributed by atoms with Gasteiger partial charge in [0, 0.05) is 31.6 Å². The number of nitrogens with zero attached hydrogens (tertiary/aromatic N) is 1. The number of benzene rings is 1. The number of piperidine rings is 1. The van der Waals surface area contributed by atoms with Gasteiger partial charge in [-0.25, -0.2) is 8.42 Å². The summed E-state index contributed by atoms with van der Waals surface area (Å²) in [4.78, 5) is 14.9. The highest BCUT2D eigenvalue weighted by Gasteiger charge is 2.48. The van der Waals surface area contributed by atoms with Crippen molar-refractivity contribution in [2.45, 2.75) is 31.4 Å². The summed E-state index contributed by atoms with van der Waals surface area (Å²) in [5.41, 5.74) is 2.29. The van der Waals surface area contributed by atoms with Crippen LogP contribution in [0.5, 0.6) is 0 Å². The van der Waals surface area contributed by atoms with E-state index in [4.69, 9.17) is 0 Å². The number of likely N-dealkylation sites (N-methyl/N-ethyl adjacent to an activating group) is 1. The summed E-state index contributed by atoms with van der Waals surface area (Å²) in [6.07, 6.45) is 1.82. The van der Waals surface area contributed by atoms with Gasteiger partial charge < -0.3 is 15.5 Å². The number of carbonyl (C=O) groups excluding carboxylic acids is 1. The van der Waals surface area contributed by atoms with Crippen molar-refractivity contribution in [2.75, 3.05) is 43.9 Å². The van der Waals surface area contributed by atoms with Crippen LogP contribution in [0.4, 0.5) is 5.69 Å². The van der Waals surface area contributed by atoms with Gasteiger partial charge >= 0.3 is 0 Å². The van der Waals surface area contributed by atoms with E-state index in [1.807, 2.05) is 25.1 Å².